The lowest BCUT2D eigenvalue weighted by Crippen LogP contribution is -2.47. The van der Waals surface area contributed by atoms with E-state index < -0.39 is 5.82 Å². The van der Waals surface area contributed by atoms with Crippen LogP contribution in [0.5, 0.6) is 5.75 Å². The number of morpholine rings is 1. The number of phenols is 1. The summed E-state index contributed by atoms with van der Waals surface area (Å²) in [7, 11) is 0. The van der Waals surface area contributed by atoms with Gasteiger partial charge in [-0.1, -0.05) is 6.92 Å². The Bertz CT molecular complexity index is 560. The molecule has 1 aromatic rings. The number of benzene rings is 1. The number of phenolic OH excluding ortho intramolecular Hbond substituents is 1. The van der Waals surface area contributed by atoms with E-state index in [2.05, 4.69) is 11.8 Å². The summed E-state index contributed by atoms with van der Waals surface area (Å²) in [6, 6.07) is 3.97. The summed E-state index contributed by atoms with van der Waals surface area (Å²) in [6.07, 6.45) is 0. The van der Waals surface area contributed by atoms with Crippen molar-refractivity contribution in [3.05, 3.63) is 29.6 Å². The molecule has 2 aliphatic heterocycles. The highest BCUT2D eigenvalue weighted by Crippen LogP contribution is 2.25. The highest BCUT2D eigenvalue weighted by molar-refractivity contribution is 5.94. The van der Waals surface area contributed by atoms with Crippen molar-refractivity contribution in [2.45, 2.75) is 13.0 Å². The fourth-order valence-corrected chi connectivity index (χ4v) is 3.35. The van der Waals surface area contributed by atoms with Crippen LogP contribution in [0, 0.1) is 11.7 Å². The van der Waals surface area contributed by atoms with E-state index in [1.165, 1.54) is 12.1 Å². The van der Waals surface area contributed by atoms with Gasteiger partial charge in [-0.15, -0.1) is 0 Å². The molecule has 22 heavy (non-hydrogen) atoms. The van der Waals surface area contributed by atoms with Crippen LogP contribution in [0.4, 0.5) is 4.39 Å². The minimum atomic E-state index is -0.674. The van der Waals surface area contributed by atoms with Gasteiger partial charge in [-0.2, -0.15) is 0 Å². The second-order valence-electron chi connectivity index (χ2n) is 6.07. The van der Waals surface area contributed by atoms with Crippen LogP contribution >= 0.6 is 0 Å². The molecule has 6 heteroatoms. The highest BCUT2D eigenvalue weighted by Gasteiger charge is 2.37. The van der Waals surface area contributed by atoms with Crippen molar-refractivity contribution < 1.29 is 19.0 Å². The average molecular weight is 308 g/mol. The van der Waals surface area contributed by atoms with Gasteiger partial charge in [-0.3, -0.25) is 9.69 Å². The molecule has 0 spiro atoms. The van der Waals surface area contributed by atoms with Crippen LogP contribution in [0.3, 0.4) is 0 Å². The molecule has 2 saturated heterocycles. The maximum atomic E-state index is 13.9. The summed E-state index contributed by atoms with van der Waals surface area (Å²) in [6.45, 7) is 6.57. The third-order valence-corrected chi connectivity index (χ3v) is 4.56. The van der Waals surface area contributed by atoms with E-state index in [1.807, 2.05) is 0 Å². The zero-order chi connectivity index (χ0) is 15.7. The van der Waals surface area contributed by atoms with Gasteiger partial charge in [0.05, 0.1) is 18.8 Å². The molecule has 5 nitrogen and oxygen atoms in total. The number of hydrogen-bond acceptors (Lipinski definition) is 4. The van der Waals surface area contributed by atoms with Crippen LogP contribution < -0.4 is 0 Å². The molecule has 0 unspecified atom stereocenters. The number of rotatable bonds is 2. The second-order valence-corrected chi connectivity index (χ2v) is 6.07. The van der Waals surface area contributed by atoms with Crippen LogP contribution in [0.2, 0.25) is 0 Å². The molecule has 0 aliphatic carbocycles. The molecule has 1 aromatic carbocycles. The summed E-state index contributed by atoms with van der Waals surface area (Å²) < 4.78 is 19.2. The van der Waals surface area contributed by atoms with Gasteiger partial charge >= 0.3 is 0 Å². The molecule has 2 aliphatic rings. The number of likely N-dealkylation sites (tertiary alicyclic amines) is 1. The highest BCUT2D eigenvalue weighted by atomic mass is 19.1. The van der Waals surface area contributed by atoms with Crippen LogP contribution in [-0.4, -0.2) is 66.2 Å². The molecule has 1 N–H and O–H groups in total. The summed E-state index contributed by atoms with van der Waals surface area (Å²) in [5.41, 5.74) is 0.0210. The molecule has 0 saturated carbocycles. The first-order chi connectivity index (χ1) is 10.6. The Labute approximate surface area is 129 Å². The van der Waals surface area contributed by atoms with Gasteiger partial charge in [0.15, 0.2) is 0 Å². The summed E-state index contributed by atoms with van der Waals surface area (Å²) >= 11 is 0. The number of aromatic hydroxyl groups is 1. The Balaban J connectivity index is 1.71. The van der Waals surface area contributed by atoms with Gasteiger partial charge in [0.2, 0.25) is 0 Å². The van der Waals surface area contributed by atoms with E-state index in [-0.39, 0.29) is 17.2 Å². The molecule has 0 bridgehead atoms. The average Bonchev–Trinajstić information content (AvgIpc) is 2.89. The maximum absolute atomic E-state index is 13.9. The number of ether oxygens (including phenoxy) is 1. The van der Waals surface area contributed by atoms with Gasteiger partial charge in [0.1, 0.15) is 11.6 Å². The van der Waals surface area contributed by atoms with Crippen LogP contribution in [0.1, 0.15) is 17.3 Å². The van der Waals surface area contributed by atoms with Crippen molar-refractivity contribution in [3.63, 3.8) is 0 Å². The molecule has 1 amide bonds. The molecule has 120 valence electrons. The third-order valence-electron chi connectivity index (χ3n) is 4.56. The van der Waals surface area contributed by atoms with Gasteiger partial charge in [0.25, 0.3) is 5.91 Å². The lowest BCUT2D eigenvalue weighted by Gasteiger charge is -2.34. The van der Waals surface area contributed by atoms with E-state index in [0.717, 1.165) is 32.4 Å². The number of carbonyl (C=O) groups excluding carboxylic acids is 1. The quantitative estimate of drug-likeness (QED) is 0.895. The maximum Gasteiger partial charge on any atom is 0.256 e. The Morgan fingerprint density at radius 1 is 1.32 bits per heavy atom. The van der Waals surface area contributed by atoms with E-state index >= 15 is 0 Å². The molecular formula is C16H21FN2O3. The van der Waals surface area contributed by atoms with Crippen LogP contribution in [-0.2, 0) is 4.74 Å². The van der Waals surface area contributed by atoms with Crippen LogP contribution in [0.25, 0.3) is 0 Å². The SMILES string of the molecule is C[C@H]1CN(C(=O)c2ccc(O)cc2F)C[C@@H]1N1CCOCC1. The first-order valence-corrected chi connectivity index (χ1v) is 7.66. The largest absolute Gasteiger partial charge is 0.508 e. The number of amides is 1. The Hall–Kier alpha value is -1.66. The molecule has 2 atom stereocenters. The predicted molar refractivity (Wildman–Crippen MR) is 79.3 cm³/mol. The Morgan fingerprint density at radius 3 is 2.73 bits per heavy atom. The first-order valence-electron chi connectivity index (χ1n) is 7.66. The van der Waals surface area contributed by atoms with Crippen LogP contribution in [0.15, 0.2) is 18.2 Å². The molecule has 0 radical (unpaired) electrons. The Kier molecular flexibility index (Phi) is 4.31. The van der Waals surface area contributed by atoms with E-state index in [1.54, 1.807) is 4.90 Å². The van der Waals surface area contributed by atoms with E-state index in [9.17, 15) is 14.3 Å². The molecule has 0 aromatic heterocycles. The van der Waals surface area contributed by atoms with E-state index in [4.69, 9.17) is 4.74 Å². The van der Waals surface area contributed by atoms with Gasteiger partial charge in [-0.25, -0.2) is 4.39 Å². The lowest BCUT2D eigenvalue weighted by molar-refractivity contribution is 0.0119. The van der Waals surface area contributed by atoms with Crippen molar-refractivity contribution in [3.8, 4) is 5.75 Å². The molecular weight excluding hydrogens is 287 g/mol. The monoisotopic (exact) mass is 308 g/mol. The molecule has 2 fully saturated rings. The van der Waals surface area contributed by atoms with Gasteiger partial charge < -0.3 is 14.7 Å². The first kappa shape index (κ1) is 15.2. The topological polar surface area (TPSA) is 53.0 Å². The standard InChI is InChI=1S/C16H21FN2O3/c1-11-9-19(10-15(11)18-4-6-22-7-5-18)16(21)13-3-2-12(20)8-14(13)17/h2-3,8,11,15,20H,4-7,9-10H2,1H3/t11-,15-/m0/s1. The predicted octanol–water partition coefficient (Wildman–Crippen LogP) is 1.32. The molecule has 3 rings (SSSR count). The summed E-state index contributed by atoms with van der Waals surface area (Å²) in [4.78, 5) is 16.6. The zero-order valence-electron chi connectivity index (χ0n) is 12.7. The number of halogens is 1. The number of carbonyl (C=O) groups is 1. The smallest absolute Gasteiger partial charge is 0.256 e. The van der Waals surface area contributed by atoms with Gasteiger partial charge in [-0.05, 0) is 18.1 Å². The van der Waals surface area contributed by atoms with Crippen molar-refractivity contribution in [2.75, 3.05) is 39.4 Å². The zero-order valence-corrected chi connectivity index (χ0v) is 12.7. The second kappa shape index (κ2) is 6.22. The van der Waals surface area contributed by atoms with Gasteiger partial charge in [0, 0.05) is 38.3 Å². The fourth-order valence-electron chi connectivity index (χ4n) is 3.35. The van der Waals surface area contributed by atoms with Crippen molar-refractivity contribution >= 4 is 5.91 Å². The lowest BCUT2D eigenvalue weighted by atomic mass is 10.0. The number of hydrogen-bond donors (Lipinski definition) is 1. The van der Waals surface area contributed by atoms with Crippen molar-refractivity contribution in [1.29, 1.82) is 0 Å². The number of nitrogens with zero attached hydrogens (tertiary/aromatic N) is 2. The third kappa shape index (κ3) is 2.94. The molecule has 2 heterocycles. The summed E-state index contributed by atoms with van der Waals surface area (Å²) in [5.74, 6) is -0.801. The summed E-state index contributed by atoms with van der Waals surface area (Å²) in [5, 5.41) is 9.26. The van der Waals surface area contributed by atoms with Crippen molar-refractivity contribution in [2.24, 2.45) is 5.92 Å². The van der Waals surface area contributed by atoms with E-state index in [0.29, 0.717) is 25.0 Å². The fraction of sp³-hybridized carbons (Fsp3) is 0.562. The minimum Gasteiger partial charge on any atom is -0.508 e. The van der Waals surface area contributed by atoms with Crippen molar-refractivity contribution in [1.82, 2.24) is 9.80 Å². The minimum absolute atomic E-state index is 0.0210. The Morgan fingerprint density at radius 2 is 2.05 bits per heavy atom. The normalized spacial score (nSPS) is 26.4.